The van der Waals surface area contributed by atoms with Gasteiger partial charge in [-0.3, -0.25) is 9.59 Å². The molecule has 6 nitrogen and oxygen atoms in total. The Hall–Kier alpha value is -2.61. The van der Waals surface area contributed by atoms with Crippen LogP contribution in [0.15, 0.2) is 42.5 Å². The summed E-state index contributed by atoms with van der Waals surface area (Å²) in [5, 5.41) is 1.73. The Morgan fingerprint density at radius 3 is 2.46 bits per heavy atom. The van der Waals surface area contributed by atoms with Crippen LogP contribution in [0.3, 0.4) is 0 Å². The van der Waals surface area contributed by atoms with Crippen molar-refractivity contribution in [2.75, 3.05) is 18.1 Å². The Morgan fingerprint density at radius 1 is 1.11 bits per heavy atom. The van der Waals surface area contributed by atoms with Crippen LogP contribution < -0.4 is 10.6 Å². The summed E-state index contributed by atoms with van der Waals surface area (Å²) in [4.78, 5) is 31.9. The number of esters is 1. The molecule has 1 heterocycles. The minimum absolute atomic E-state index is 0.213. The van der Waals surface area contributed by atoms with Gasteiger partial charge in [0.2, 0.25) is 5.91 Å². The first-order chi connectivity index (χ1) is 17.7. The summed E-state index contributed by atoms with van der Waals surface area (Å²) in [6, 6.07) is 12.7. The largest absolute Gasteiger partial charge is 0.466 e. The molecule has 0 spiro atoms. The molecule has 0 saturated carbocycles. The number of ether oxygens (including phenoxy) is 1. The number of aromatic nitrogens is 1. The van der Waals surface area contributed by atoms with Gasteiger partial charge in [-0.25, -0.2) is 4.98 Å². The summed E-state index contributed by atoms with van der Waals surface area (Å²) in [6.07, 6.45) is 1.06. The molecular formula is C28H35Cl2N3O3S. The maximum Gasteiger partial charge on any atom is 0.307 e. The fraction of sp³-hybridized carbons (Fsp3) is 0.393. The number of nitrogens with two attached hydrogens (primary N) is 1. The maximum absolute atomic E-state index is 12.1. The van der Waals surface area contributed by atoms with Crippen LogP contribution in [0.2, 0.25) is 10.0 Å². The Bertz CT molecular complexity index is 1200. The average molecular weight is 565 g/mol. The Labute approximate surface area is 233 Å². The standard InChI is InChI=1S/C26H29Cl2N3O3S.C2H6/c1-4-34-23(32)10-11-31(15-17-6-5-7-19(13-17)25(29)33)26-30-24(22(35-26)12-16(2)3)18-8-9-20(27)21(28)14-18;1-2/h5-9,13-14,16H,4,10-12,15H2,1-3H3,(H2,29,33);1-2H3. The van der Waals surface area contributed by atoms with E-state index in [0.717, 1.165) is 33.3 Å². The third kappa shape index (κ3) is 9.02. The van der Waals surface area contributed by atoms with Crippen molar-refractivity contribution in [2.45, 2.75) is 54.0 Å². The summed E-state index contributed by atoms with van der Waals surface area (Å²) in [5.74, 6) is -0.336. The van der Waals surface area contributed by atoms with Crippen molar-refractivity contribution in [3.63, 3.8) is 0 Å². The quantitative estimate of drug-likeness (QED) is 0.245. The summed E-state index contributed by atoms with van der Waals surface area (Å²) < 4.78 is 5.13. The van der Waals surface area contributed by atoms with Crippen LogP contribution in [0.5, 0.6) is 0 Å². The van der Waals surface area contributed by atoms with Crippen LogP contribution in [0.1, 0.15) is 61.8 Å². The van der Waals surface area contributed by atoms with E-state index in [4.69, 9.17) is 38.7 Å². The number of hydrogen-bond donors (Lipinski definition) is 1. The van der Waals surface area contributed by atoms with Crippen molar-refractivity contribution in [1.82, 2.24) is 4.98 Å². The molecule has 0 atom stereocenters. The molecule has 1 aromatic heterocycles. The van der Waals surface area contributed by atoms with Crippen LogP contribution in [-0.4, -0.2) is 30.0 Å². The molecule has 0 fully saturated rings. The van der Waals surface area contributed by atoms with E-state index < -0.39 is 5.91 Å². The van der Waals surface area contributed by atoms with Crippen molar-refractivity contribution in [1.29, 1.82) is 0 Å². The first kappa shape index (κ1) is 30.6. The maximum atomic E-state index is 12.1. The molecule has 2 aromatic carbocycles. The highest BCUT2D eigenvalue weighted by Crippen LogP contribution is 2.37. The smallest absolute Gasteiger partial charge is 0.307 e. The third-order valence-corrected chi connectivity index (χ3v) is 7.10. The molecule has 0 aliphatic heterocycles. The fourth-order valence-electron chi connectivity index (χ4n) is 3.60. The predicted molar refractivity (Wildman–Crippen MR) is 155 cm³/mol. The zero-order valence-corrected chi connectivity index (χ0v) is 24.3. The van der Waals surface area contributed by atoms with Gasteiger partial charge in [0.15, 0.2) is 5.13 Å². The molecule has 3 aromatic rings. The molecule has 0 radical (unpaired) electrons. The highest BCUT2D eigenvalue weighted by atomic mass is 35.5. The molecule has 3 rings (SSSR count). The van der Waals surface area contributed by atoms with Gasteiger partial charge in [0.25, 0.3) is 0 Å². The number of nitrogens with zero attached hydrogens (tertiary/aromatic N) is 2. The number of carbonyl (C=O) groups excluding carboxylic acids is 2. The van der Waals surface area contributed by atoms with Gasteiger partial charge in [0.1, 0.15) is 0 Å². The number of amides is 1. The fourth-order valence-corrected chi connectivity index (χ4v) is 5.21. The van der Waals surface area contributed by atoms with E-state index in [-0.39, 0.29) is 12.4 Å². The van der Waals surface area contributed by atoms with E-state index in [2.05, 4.69) is 13.8 Å². The number of carbonyl (C=O) groups is 2. The molecule has 1 amide bonds. The van der Waals surface area contributed by atoms with Gasteiger partial charge in [-0.15, -0.1) is 11.3 Å². The van der Waals surface area contributed by atoms with Gasteiger partial charge in [0, 0.05) is 29.1 Å². The number of hydrogen-bond acceptors (Lipinski definition) is 6. The third-order valence-electron chi connectivity index (χ3n) is 5.22. The van der Waals surface area contributed by atoms with E-state index >= 15 is 0 Å². The Kier molecular flexibility index (Phi) is 12.4. The van der Waals surface area contributed by atoms with E-state index in [1.807, 2.05) is 36.9 Å². The first-order valence-corrected chi connectivity index (χ1v) is 14.0. The molecule has 37 heavy (non-hydrogen) atoms. The van der Waals surface area contributed by atoms with Crippen molar-refractivity contribution in [3.8, 4) is 11.3 Å². The lowest BCUT2D eigenvalue weighted by molar-refractivity contribution is -0.142. The molecule has 0 aliphatic carbocycles. The van der Waals surface area contributed by atoms with Gasteiger partial charge >= 0.3 is 5.97 Å². The van der Waals surface area contributed by atoms with Crippen LogP contribution in [0, 0.1) is 5.92 Å². The minimum atomic E-state index is -0.486. The van der Waals surface area contributed by atoms with Crippen molar-refractivity contribution >= 4 is 51.5 Å². The van der Waals surface area contributed by atoms with Gasteiger partial charge in [-0.2, -0.15) is 0 Å². The topological polar surface area (TPSA) is 85.5 Å². The molecule has 0 bridgehead atoms. The SMILES string of the molecule is CC.CCOC(=O)CCN(Cc1cccc(C(N)=O)c1)c1nc(-c2ccc(Cl)c(Cl)c2)c(CC(C)C)s1. The Morgan fingerprint density at radius 2 is 1.84 bits per heavy atom. The number of halogens is 2. The monoisotopic (exact) mass is 563 g/mol. The normalized spacial score (nSPS) is 10.6. The first-order valence-electron chi connectivity index (χ1n) is 12.4. The zero-order valence-electron chi connectivity index (χ0n) is 22.0. The zero-order chi connectivity index (χ0) is 27.5. The van der Waals surface area contributed by atoms with Crippen molar-refractivity contribution in [3.05, 3.63) is 68.5 Å². The second-order valence-corrected chi connectivity index (χ2v) is 10.4. The highest BCUT2D eigenvalue weighted by molar-refractivity contribution is 7.16. The summed E-state index contributed by atoms with van der Waals surface area (Å²) in [6.45, 7) is 11.3. The van der Waals surface area contributed by atoms with E-state index in [1.54, 1.807) is 42.5 Å². The second-order valence-electron chi connectivity index (χ2n) is 8.54. The molecule has 0 saturated heterocycles. The van der Waals surface area contributed by atoms with Gasteiger partial charge in [-0.05, 0) is 49.1 Å². The lowest BCUT2D eigenvalue weighted by Gasteiger charge is -2.22. The Balaban J connectivity index is 0.00000235. The average Bonchev–Trinajstić information content (AvgIpc) is 3.28. The van der Waals surface area contributed by atoms with Crippen LogP contribution in [0.25, 0.3) is 11.3 Å². The lowest BCUT2D eigenvalue weighted by Crippen LogP contribution is -2.26. The molecule has 0 aliphatic rings. The second kappa shape index (κ2) is 15.0. The predicted octanol–water partition coefficient (Wildman–Crippen LogP) is 7.40. The van der Waals surface area contributed by atoms with Crippen LogP contribution in [0.4, 0.5) is 5.13 Å². The van der Waals surface area contributed by atoms with E-state index in [1.165, 1.54) is 0 Å². The molecular weight excluding hydrogens is 529 g/mol. The van der Waals surface area contributed by atoms with Crippen molar-refractivity contribution in [2.24, 2.45) is 11.7 Å². The van der Waals surface area contributed by atoms with E-state index in [0.29, 0.717) is 41.2 Å². The van der Waals surface area contributed by atoms with Crippen LogP contribution >= 0.6 is 34.5 Å². The number of anilines is 1. The molecule has 9 heteroatoms. The number of benzene rings is 2. The number of thiazole rings is 1. The summed E-state index contributed by atoms with van der Waals surface area (Å²) in [7, 11) is 0. The number of rotatable bonds is 11. The van der Waals surface area contributed by atoms with Gasteiger partial charge < -0.3 is 15.4 Å². The molecule has 200 valence electrons. The van der Waals surface area contributed by atoms with Gasteiger partial charge in [0.05, 0.1) is 28.8 Å². The minimum Gasteiger partial charge on any atom is -0.466 e. The number of primary amides is 1. The lowest BCUT2D eigenvalue weighted by atomic mass is 10.0. The van der Waals surface area contributed by atoms with Gasteiger partial charge in [-0.1, -0.05) is 69.1 Å². The summed E-state index contributed by atoms with van der Waals surface area (Å²) >= 11 is 14.0. The van der Waals surface area contributed by atoms with Crippen molar-refractivity contribution < 1.29 is 14.3 Å². The summed E-state index contributed by atoms with van der Waals surface area (Å²) in [5.41, 5.74) is 8.53. The molecule has 0 unspecified atom stereocenters. The van der Waals surface area contributed by atoms with Crippen LogP contribution in [-0.2, 0) is 22.5 Å². The molecule has 2 N–H and O–H groups in total. The van der Waals surface area contributed by atoms with E-state index in [9.17, 15) is 9.59 Å². The highest BCUT2D eigenvalue weighted by Gasteiger charge is 2.21.